The average molecular weight is 284 g/mol. The van der Waals surface area contributed by atoms with Crippen LogP contribution in [0.5, 0.6) is 0 Å². The van der Waals surface area contributed by atoms with Gasteiger partial charge >= 0.3 is 0 Å². The molecule has 0 fully saturated rings. The SMILES string of the molecule is CCc1c(C(C)NCc2cc(C)no2)oc2ccccc12. The van der Waals surface area contributed by atoms with Gasteiger partial charge in [-0.05, 0) is 26.3 Å². The van der Waals surface area contributed by atoms with Gasteiger partial charge in [-0.15, -0.1) is 0 Å². The van der Waals surface area contributed by atoms with E-state index in [-0.39, 0.29) is 6.04 Å². The molecule has 1 atom stereocenters. The van der Waals surface area contributed by atoms with Crippen molar-refractivity contribution in [2.24, 2.45) is 0 Å². The Bertz CT molecular complexity index is 742. The van der Waals surface area contributed by atoms with E-state index in [1.54, 1.807) is 0 Å². The van der Waals surface area contributed by atoms with E-state index < -0.39 is 0 Å². The van der Waals surface area contributed by atoms with E-state index >= 15 is 0 Å². The monoisotopic (exact) mass is 284 g/mol. The number of furan rings is 1. The predicted octanol–water partition coefficient (Wildman–Crippen LogP) is 4.14. The molecule has 0 saturated carbocycles. The fraction of sp³-hybridized carbons (Fsp3) is 0.353. The minimum Gasteiger partial charge on any atom is -0.459 e. The molecule has 4 heteroatoms. The van der Waals surface area contributed by atoms with Crippen LogP contribution in [-0.4, -0.2) is 5.16 Å². The van der Waals surface area contributed by atoms with Crippen LogP contribution in [0.25, 0.3) is 11.0 Å². The summed E-state index contributed by atoms with van der Waals surface area (Å²) in [5.74, 6) is 1.85. The van der Waals surface area contributed by atoms with Gasteiger partial charge in [0.05, 0.1) is 18.3 Å². The van der Waals surface area contributed by atoms with E-state index in [0.717, 1.165) is 29.2 Å². The highest BCUT2D eigenvalue weighted by Gasteiger charge is 2.18. The van der Waals surface area contributed by atoms with Crippen molar-refractivity contribution in [2.45, 2.75) is 39.8 Å². The number of hydrogen-bond donors (Lipinski definition) is 1. The molecule has 1 N–H and O–H groups in total. The highest BCUT2D eigenvalue weighted by atomic mass is 16.5. The van der Waals surface area contributed by atoms with Gasteiger partial charge in [-0.1, -0.05) is 30.3 Å². The minimum atomic E-state index is 0.123. The van der Waals surface area contributed by atoms with Gasteiger partial charge in [0.25, 0.3) is 0 Å². The summed E-state index contributed by atoms with van der Waals surface area (Å²) >= 11 is 0. The first-order valence-corrected chi connectivity index (χ1v) is 7.35. The average Bonchev–Trinajstić information content (AvgIpc) is 3.07. The number of nitrogens with one attached hydrogen (secondary N) is 1. The molecule has 0 radical (unpaired) electrons. The summed E-state index contributed by atoms with van der Waals surface area (Å²) < 4.78 is 11.3. The molecule has 0 spiro atoms. The third-order valence-electron chi connectivity index (χ3n) is 3.74. The van der Waals surface area contributed by atoms with Crippen LogP contribution in [0, 0.1) is 6.92 Å². The molecular weight excluding hydrogens is 264 g/mol. The van der Waals surface area contributed by atoms with Gasteiger partial charge in [-0.2, -0.15) is 0 Å². The maximum absolute atomic E-state index is 6.04. The van der Waals surface area contributed by atoms with Crippen molar-refractivity contribution >= 4 is 11.0 Å². The second kappa shape index (κ2) is 5.74. The van der Waals surface area contributed by atoms with Crippen molar-refractivity contribution in [1.29, 1.82) is 0 Å². The second-order valence-electron chi connectivity index (χ2n) is 5.33. The largest absolute Gasteiger partial charge is 0.459 e. The number of nitrogens with zero attached hydrogens (tertiary/aromatic N) is 1. The van der Waals surface area contributed by atoms with Crippen LogP contribution in [-0.2, 0) is 13.0 Å². The highest BCUT2D eigenvalue weighted by molar-refractivity contribution is 5.82. The third kappa shape index (κ3) is 2.72. The smallest absolute Gasteiger partial charge is 0.150 e. The van der Waals surface area contributed by atoms with Crippen molar-refractivity contribution in [3.63, 3.8) is 0 Å². The van der Waals surface area contributed by atoms with E-state index in [9.17, 15) is 0 Å². The summed E-state index contributed by atoms with van der Waals surface area (Å²) in [5.41, 5.74) is 3.13. The zero-order valence-electron chi connectivity index (χ0n) is 12.6. The van der Waals surface area contributed by atoms with Crippen LogP contribution in [0.3, 0.4) is 0 Å². The van der Waals surface area contributed by atoms with Gasteiger partial charge in [0, 0.05) is 17.0 Å². The molecule has 0 saturated heterocycles. The van der Waals surface area contributed by atoms with Crippen LogP contribution in [0.4, 0.5) is 0 Å². The van der Waals surface area contributed by atoms with Gasteiger partial charge in [0.15, 0.2) is 5.76 Å². The lowest BCUT2D eigenvalue weighted by atomic mass is 10.1. The molecule has 0 bridgehead atoms. The van der Waals surface area contributed by atoms with Crippen LogP contribution in [0.2, 0.25) is 0 Å². The van der Waals surface area contributed by atoms with Crippen LogP contribution in [0.1, 0.15) is 42.7 Å². The summed E-state index contributed by atoms with van der Waals surface area (Å²) in [6, 6.07) is 10.3. The zero-order valence-corrected chi connectivity index (χ0v) is 12.6. The molecule has 2 aromatic heterocycles. The predicted molar refractivity (Wildman–Crippen MR) is 82.1 cm³/mol. The Morgan fingerprint density at radius 3 is 2.81 bits per heavy atom. The van der Waals surface area contributed by atoms with Crippen molar-refractivity contribution in [1.82, 2.24) is 10.5 Å². The zero-order chi connectivity index (χ0) is 14.8. The molecule has 3 rings (SSSR count). The van der Waals surface area contributed by atoms with Gasteiger partial charge < -0.3 is 14.3 Å². The van der Waals surface area contributed by atoms with Gasteiger partial charge in [-0.3, -0.25) is 0 Å². The van der Waals surface area contributed by atoms with Crippen molar-refractivity contribution in [3.8, 4) is 0 Å². The topological polar surface area (TPSA) is 51.2 Å². The van der Waals surface area contributed by atoms with Crippen LogP contribution in [0.15, 0.2) is 39.3 Å². The Balaban J connectivity index is 1.82. The Morgan fingerprint density at radius 1 is 1.29 bits per heavy atom. The number of hydrogen-bond acceptors (Lipinski definition) is 4. The van der Waals surface area contributed by atoms with Gasteiger partial charge in [0.1, 0.15) is 11.3 Å². The molecule has 0 aliphatic heterocycles. The van der Waals surface area contributed by atoms with E-state index in [4.69, 9.17) is 8.94 Å². The molecule has 21 heavy (non-hydrogen) atoms. The molecule has 1 aromatic carbocycles. The molecule has 1 unspecified atom stereocenters. The third-order valence-corrected chi connectivity index (χ3v) is 3.74. The van der Waals surface area contributed by atoms with E-state index in [1.807, 2.05) is 25.1 Å². The molecule has 0 aliphatic carbocycles. The summed E-state index contributed by atoms with van der Waals surface area (Å²) in [5, 5.41) is 8.54. The normalized spacial score (nSPS) is 12.9. The fourth-order valence-corrected chi connectivity index (χ4v) is 2.68. The van der Waals surface area contributed by atoms with Crippen molar-refractivity contribution in [3.05, 3.63) is 53.1 Å². The Morgan fingerprint density at radius 2 is 2.10 bits per heavy atom. The molecule has 110 valence electrons. The number of aryl methyl sites for hydroxylation is 2. The van der Waals surface area contributed by atoms with Crippen molar-refractivity contribution in [2.75, 3.05) is 0 Å². The molecule has 0 aliphatic rings. The summed E-state index contributed by atoms with van der Waals surface area (Å²) in [4.78, 5) is 0. The quantitative estimate of drug-likeness (QED) is 0.765. The number of fused-ring (bicyclic) bond motifs is 1. The molecule has 0 amide bonds. The van der Waals surface area contributed by atoms with Crippen LogP contribution < -0.4 is 5.32 Å². The van der Waals surface area contributed by atoms with Crippen molar-refractivity contribution < 1.29 is 8.94 Å². The highest BCUT2D eigenvalue weighted by Crippen LogP contribution is 2.30. The first kappa shape index (κ1) is 13.9. The Labute approximate surface area is 124 Å². The molecule has 3 aromatic rings. The Kier molecular flexibility index (Phi) is 3.80. The number of para-hydroxylation sites is 1. The van der Waals surface area contributed by atoms with E-state index in [0.29, 0.717) is 6.54 Å². The molecule has 2 heterocycles. The summed E-state index contributed by atoms with van der Waals surface area (Å²) in [7, 11) is 0. The minimum absolute atomic E-state index is 0.123. The van der Waals surface area contributed by atoms with E-state index in [2.05, 4.69) is 36.5 Å². The standard InChI is InChI=1S/C17H20N2O2/c1-4-14-15-7-5-6-8-16(15)20-17(14)12(3)18-10-13-9-11(2)19-21-13/h5-9,12,18H,4,10H2,1-3H3. The maximum atomic E-state index is 6.04. The maximum Gasteiger partial charge on any atom is 0.150 e. The van der Waals surface area contributed by atoms with E-state index in [1.165, 1.54) is 10.9 Å². The number of rotatable bonds is 5. The van der Waals surface area contributed by atoms with Gasteiger partial charge in [0.2, 0.25) is 0 Å². The number of benzene rings is 1. The molecule has 4 nitrogen and oxygen atoms in total. The lowest BCUT2D eigenvalue weighted by Crippen LogP contribution is -2.18. The summed E-state index contributed by atoms with van der Waals surface area (Å²) in [6.45, 7) is 6.83. The Hall–Kier alpha value is -2.07. The lowest BCUT2D eigenvalue weighted by molar-refractivity contribution is 0.355. The fourth-order valence-electron chi connectivity index (χ4n) is 2.68. The lowest BCUT2D eigenvalue weighted by Gasteiger charge is -2.11. The molecular formula is C17H20N2O2. The summed E-state index contributed by atoms with van der Waals surface area (Å²) in [6.07, 6.45) is 0.958. The number of aromatic nitrogens is 1. The first-order chi connectivity index (χ1) is 10.2. The first-order valence-electron chi connectivity index (χ1n) is 7.35. The van der Waals surface area contributed by atoms with Crippen LogP contribution >= 0.6 is 0 Å². The second-order valence-corrected chi connectivity index (χ2v) is 5.33. The van der Waals surface area contributed by atoms with Gasteiger partial charge in [-0.25, -0.2) is 0 Å².